The van der Waals surface area contributed by atoms with Gasteiger partial charge in [-0.25, -0.2) is 0 Å². The Morgan fingerprint density at radius 2 is 1.38 bits per heavy atom. The van der Waals surface area contributed by atoms with Gasteiger partial charge in [0.15, 0.2) is 5.78 Å². The normalized spacial score (nSPS) is 12.1. The number of rotatable bonds is 5. The summed E-state index contributed by atoms with van der Waals surface area (Å²) in [5.41, 5.74) is 2.72. The van der Waals surface area contributed by atoms with Crippen LogP contribution in [0.1, 0.15) is 18.1 Å². The third-order valence-electron chi connectivity index (χ3n) is 2.98. The van der Waals surface area contributed by atoms with Crippen molar-refractivity contribution in [2.75, 3.05) is 0 Å². The Morgan fingerprint density at radius 1 is 0.810 bits per heavy atom. The molecule has 0 saturated heterocycles. The Labute approximate surface area is 126 Å². The molecule has 0 aliphatic carbocycles. The highest BCUT2D eigenvalue weighted by molar-refractivity contribution is 6.11. The fraction of sp³-hybridized carbons (Fsp3) is 0.0500. The fourth-order valence-electron chi connectivity index (χ4n) is 1.94. The average Bonchev–Trinajstić information content (AvgIpc) is 2.54. The molecule has 0 heterocycles. The molecule has 0 amide bonds. The van der Waals surface area contributed by atoms with Gasteiger partial charge in [0.1, 0.15) is 0 Å². The lowest BCUT2D eigenvalue weighted by Crippen LogP contribution is -1.95. The predicted octanol–water partition coefficient (Wildman–Crippen LogP) is 4.93. The van der Waals surface area contributed by atoms with Crippen LogP contribution in [0.5, 0.6) is 0 Å². The van der Waals surface area contributed by atoms with Gasteiger partial charge in [0, 0.05) is 5.57 Å². The van der Waals surface area contributed by atoms with Gasteiger partial charge < -0.3 is 0 Å². The second kappa shape index (κ2) is 7.81. The Morgan fingerprint density at radius 3 is 1.95 bits per heavy atom. The van der Waals surface area contributed by atoms with Gasteiger partial charge in [-0.05, 0) is 30.2 Å². The van der Waals surface area contributed by atoms with Crippen molar-refractivity contribution in [3.8, 4) is 0 Å². The first-order valence-electron chi connectivity index (χ1n) is 6.96. The van der Waals surface area contributed by atoms with Gasteiger partial charge in [-0.1, -0.05) is 78.9 Å². The van der Waals surface area contributed by atoms with Crippen LogP contribution in [-0.2, 0) is 4.79 Å². The van der Waals surface area contributed by atoms with E-state index in [4.69, 9.17) is 0 Å². The van der Waals surface area contributed by atoms with Crippen LogP contribution in [-0.4, -0.2) is 5.78 Å². The Bertz CT molecular complexity index is 661. The molecule has 0 aromatic heterocycles. The van der Waals surface area contributed by atoms with Crippen LogP contribution in [0.4, 0.5) is 0 Å². The summed E-state index contributed by atoms with van der Waals surface area (Å²) in [4.78, 5) is 12.3. The maximum Gasteiger partial charge on any atom is 0.185 e. The van der Waals surface area contributed by atoms with Crippen molar-refractivity contribution in [1.82, 2.24) is 0 Å². The zero-order valence-electron chi connectivity index (χ0n) is 12.1. The molecule has 2 aromatic rings. The van der Waals surface area contributed by atoms with Crippen molar-refractivity contribution < 1.29 is 4.79 Å². The predicted molar refractivity (Wildman–Crippen MR) is 89.7 cm³/mol. The number of allylic oxidation sites excluding steroid dienone is 4. The van der Waals surface area contributed by atoms with Crippen molar-refractivity contribution in [3.63, 3.8) is 0 Å². The molecule has 0 spiro atoms. The van der Waals surface area contributed by atoms with E-state index >= 15 is 0 Å². The number of hydrogen-bond acceptors (Lipinski definition) is 1. The van der Waals surface area contributed by atoms with Crippen molar-refractivity contribution in [3.05, 3.63) is 95.6 Å². The topological polar surface area (TPSA) is 17.1 Å². The van der Waals surface area contributed by atoms with Crippen LogP contribution >= 0.6 is 0 Å². The Hall–Kier alpha value is -2.67. The van der Waals surface area contributed by atoms with Gasteiger partial charge >= 0.3 is 0 Å². The van der Waals surface area contributed by atoms with E-state index in [-0.39, 0.29) is 5.78 Å². The maximum atomic E-state index is 12.3. The first kappa shape index (κ1) is 14.7. The third kappa shape index (κ3) is 4.73. The Kier molecular flexibility index (Phi) is 5.48. The number of carbonyl (C=O) groups excluding carboxylic acids is 1. The van der Waals surface area contributed by atoms with Crippen LogP contribution in [0.3, 0.4) is 0 Å². The van der Waals surface area contributed by atoms with Crippen molar-refractivity contribution in [1.29, 1.82) is 0 Å². The zero-order valence-corrected chi connectivity index (χ0v) is 12.1. The zero-order chi connectivity index (χ0) is 14.9. The molecule has 104 valence electrons. The Balaban J connectivity index is 2.21. The summed E-state index contributed by atoms with van der Waals surface area (Å²) in [6.45, 7) is 1.91. The standard InChI is InChI=1S/C20H18O/c1-2-9-19(16-18-12-7-4-8-13-18)20(21)15-14-17-10-5-3-6-11-17/h2-16H,1H3. The minimum atomic E-state index is 0.000746. The number of carbonyl (C=O) groups is 1. The maximum absolute atomic E-state index is 12.3. The molecule has 0 saturated carbocycles. The summed E-state index contributed by atoms with van der Waals surface area (Å²) in [6, 6.07) is 19.7. The van der Waals surface area contributed by atoms with E-state index in [2.05, 4.69) is 0 Å². The van der Waals surface area contributed by atoms with Crippen molar-refractivity contribution >= 4 is 17.9 Å². The molecular formula is C20H18O. The van der Waals surface area contributed by atoms with Crippen LogP contribution in [0, 0.1) is 0 Å². The van der Waals surface area contributed by atoms with E-state index in [1.54, 1.807) is 6.08 Å². The van der Waals surface area contributed by atoms with E-state index in [0.29, 0.717) is 5.57 Å². The molecule has 0 radical (unpaired) electrons. The summed E-state index contributed by atoms with van der Waals surface area (Å²) in [5.74, 6) is 0.000746. The second-order valence-electron chi connectivity index (χ2n) is 4.62. The van der Waals surface area contributed by atoms with E-state index in [1.165, 1.54) is 0 Å². The largest absolute Gasteiger partial charge is 0.289 e. The SMILES string of the molecule is CC=CC(=Cc1ccccc1)C(=O)C=Cc1ccccc1. The van der Waals surface area contributed by atoms with Gasteiger partial charge in [-0.2, -0.15) is 0 Å². The quantitative estimate of drug-likeness (QED) is 0.558. The molecule has 2 rings (SSSR count). The lowest BCUT2D eigenvalue weighted by atomic mass is 10.1. The number of hydrogen-bond donors (Lipinski definition) is 0. The average molecular weight is 274 g/mol. The summed E-state index contributed by atoms with van der Waals surface area (Å²) in [6.07, 6.45) is 9.07. The van der Waals surface area contributed by atoms with Gasteiger partial charge in [-0.15, -0.1) is 0 Å². The summed E-state index contributed by atoms with van der Waals surface area (Å²) in [7, 11) is 0. The minimum Gasteiger partial charge on any atom is -0.289 e. The van der Waals surface area contributed by atoms with E-state index < -0.39 is 0 Å². The lowest BCUT2D eigenvalue weighted by molar-refractivity contribution is -0.110. The van der Waals surface area contributed by atoms with Gasteiger partial charge in [-0.3, -0.25) is 4.79 Å². The highest BCUT2D eigenvalue weighted by atomic mass is 16.1. The molecule has 0 fully saturated rings. The molecule has 0 aliphatic heterocycles. The van der Waals surface area contributed by atoms with E-state index in [0.717, 1.165) is 11.1 Å². The van der Waals surface area contributed by atoms with Crippen LogP contribution in [0.2, 0.25) is 0 Å². The molecule has 0 N–H and O–H groups in total. The molecule has 0 atom stereocenters. The molecule has 1 heteroatoms. The summed E-state index contributed by atoms with van der Waals surface area (Å²) >= 11 is 0. The minimum absolute atomic E-state index is 0.000746. The van der Waals surface area contributed by atoms with Gasteiger partial charge in [0.2, 0.25) is 0 Å². The van der Waals surface area contributed by atoms with Crippen molar-refractivity contribution in [2.24, 2.45) is 0 Å². The molecule has 0 bridgehead atoms. The first-order chi connectivity index (χ1) is 10.3. The molecular weight excluding hydrogens is 256 g/mol. The van der Waals surface area contributed by atoms with E-state index in [1.807, 2.05) is 91.9 Å². The van der Waals surface area contributed by atoms with Gasteiger partial charge in [0.05, 0.1) is 0 Å². The van der Waals surface area contributed by atoms with Crippen LogP contribution < -0.4 is 0 Å². The smallest absolute Gasteiger partial charge is 0.185 e. The van der Waals surface area contributed by atoms with Crippen molar-refractivity contribution in [2.45, 2.75) is 6.92 Å². The monoisotopic (exact) mass is 274 g/mol. The van der Waals surface area contributed by atoms with E-state index in [9.17, 15) is 4.79 Å². The third-order valence-corrected chi connectivity index (χ3v) is 2.98. The fourth-order valence-corrected chi connectivity index (χ4v) is 1.94. The van der Waals surface area contributed by atoms with Crippen LogP contribution in [0.25, 0.3) is 12.2 Å². The molecule has 0 unspecified atom stereocenters. The lowest BCUT2D eigenvalue weighted by Gasteiger charge is -1.99. The highest BCUT2D eigenvalue weighted by Crippen LogP contribution is 2.11. The summed E-state index contributed by atoms with van der Waals surface area (Å²) in [5, 5.41) is 0. The molecule has 2 aromatic carbocycles. The highest BCUT2D eigenvalue weighted by Gasteiger charge is 2.02. The number of benzene rings is 2. The van der Waals surface area contributed by atoms with Gasteiger partial charge in [0.25, 0.3) is 0 Å². The summed E-state index contributed by atoms with van der Waals surface area (Å²) < 4.78 is 0. The molecule has 1 nitrogen and oxygen atoms in total. The second-order valence-corrected chi connectivity index (χ2v) is 4.62. The molecule has 0 aliphatic rings. The molecule has 21 heavy (non-hydrogen) atoms. The van der Waals surface area contributed by atoms with Crippen LogP contribution in [0.15, 0.2) is 84.5 Å². The number of ketones is 1. The first-order valence-corrected chi connectivity index (χ1v) is 6.96.